The van der Waals surface area contributed by atoms with E-state index in [1.54, 1.807) is 0 Å². The molecule has 0 aliphatic heterocycles. The molecule has 0 aromatic heterocycles. The van der Waals surface area contributed by atoms with E-state index in [4.69, 9.17) is 0 Å². The van der Waals surface area contributed by atoms with Crippen LogP contribution in [0.15, 0.2) is 0 Å². The lowest BCUT2D eigenvalue weighted by Gasteiger charge is -1.88. The molecule has 1 heteroatoms. The minimum absolute atomic E-state index is 0.913. The molecule has 0 N–H and O–H groups in total. The van der Waals surface area contributed by atoms with Gasteiger partial charge in [0.2, 0.25) is 0 Å². The first-order valence-corrected chi connectivity index (χ1v) is 2.33. The Hall–Kier alpha value is -0.0400. The van der Waals surface area contributed by atoms with Crippen molar-refractivity contribution in [2.45, 2.75) is 13.8 Å². The highest BCUT2D eigenvalue weighted by molar-refractivity contribution is 4.56. The van der Waals surface area contributed by atoms with Crippen LogP contribution in [0.25, 0.3) is 0 Å². The molecule has 0 aromatic rings. The Labute approximate surface area is 39.7 Å². The van der Waals surface area contributed by atoms with Gasteiger partial charge in [-0.05, 0) is 6.42 Å². The molecule has 6 heavy (non-hydrogen) atoms. The molecule has 2 radical (unpaired) electrons. The molecule has 0 amide bonds. The summed E-state index contributed by atoms with van der Waals surface area (Å²) in [6, 6.07) is 0. The first-order valence-electron chi connectivity index (χ1n) is 2.33. The fourth-order valence-corrected chi connectivity index (χ4v) is 0.258. The van der Waals surface area contributed by atoms with Gasteiger partial charge < -0.3 is 0 Å². The van der Waals surface area contributed by atoms with Gasteiger partial charge in [0.15, 0.2) is 0 Å². The van der Waals surface area contributed by atoms with Gasteiger partial charge >= 0.3 is 0 Å². The van der Waals surface area contributed by atoms with Crippen LogP contribution >= 0.6 is 0 Å². The zero-order valence-electron chi connectivity index (χ0n) is 4.44. The summed E-state index contributed by atoms with van der Waals surface area (Å²) in [6.45, 7) is 5.92. The van der Waals surface area contributed by atoms with Crippen LogP contribution in [0.1, 0.15) is 13.8 Å². The molecule has 0 aliphatic rings. The van der Waals surface area contributed by atoms with E-state index in [1.807, 2.05) is 20.3 Å². The van der Waals surface area contributed by atoms with Crippen LogP contribution in [0.4, 0.5) is 0 Å². The second-order valence-corrected chi connectivity index (χ2v) is 1.13. The summed E-state index contributed by atoms with van der Waals surface area (Å²) in [5.41, 5.74) is 0. The van der Waals surface area contributed by atoms with Crippen LogP contribution in [0, 0.1) is 6.42 Å². The molecule has 0 atom stereocenters. The highest BCUT2D eigenvalue weighted by Gasteiger charge is 1.74. The highest BCUT2D eigenvalue weighted by Crippen LogP contribution is 1.66. The third kappa shape index (κ3) is 3.96. The van der Waals surface area contributed by atoms with E-state index in [0.29, 0.717) is 0 Å². The predicted octanol–water partition coefficient (Wildman–Crippen LogP) is 0.835. The number of hydrogen-bond acceptors (Lipinski definition) is 0. The van der Waals surface area contributed by atoms with Crippen molar-refractivity contribution in [1.29, 1.82) is 0 Å². The molecular formula is C5H11N. The van der Waals surface area contributed by atoms with E-state index < -0.39 is 0 Å². The van der Waals surface area contributed by atoms with E-state index in [1.165, 1.54) is 0 Å². The maximum atomic E-state index is 4.03. The van der Waals surface area contributed by atoms with Crippen LogP contribution in [0.3, 0.4) is 0 Å². The molecule has 0 heterocycles. The largest absolute Gasteiger partial charge is 0.242 e. The monoisotopic (exact) mass is 85.1 g/mol. The Kier molecular flexibility index (Phi) is 4.93. The Morgan fingerprint density at radius 1 is 1.67 bits per heavy atom. The van der Waals surface area contributed by atoms with Gasteiger partial charge in [0, 0.05) is 13.1 Å². The van der Waals surface area contributed by atoms with Crippen LogP contribution in [0.5, 0.6) is 0 Å². The van der Waals surface area contributed by atoms with E-state index in [9.17, 15) is 0 Å². The summed E-state index contributed by atoms with van der Waals surface area (Å²) in [5.74, 6) is 0. The highest BCUT2D eigenvalue weighted by atomic mass is 14.8. The van der Waals surface area contributed by atoms with Crippen molar-refractivity contribution in [2.24, 2.45) is 0 Å². The van der Waals surface area contributed by atoms with Crippen LogP contribution in [0.2, 0.25) is 0 Å². The number of nitrogens with zero attached hydrogens (tertiary/aromatic N) is 1. The summed E-state index contributed by atoms with van der Waals surface area (Å²) in [6.07, 6.45) is 2.05. The molecular weight excluding hydrogens is 74.1 g/mol. The predicted molar refractivity (Wildman–Crippen MR) is 27.5 cm³/mol. The fraction of sp³-hybridized carbons (Fsp3) is 0.800. The second kappa shape index (κ2) is 4.96. The Bertz CT molecular complexity index is 15.9. The van der Waals surface area contributed by atoms with Gasteiger partial charge in [-0.3, -0.25) is 0 Å². The molecule has 0 aliphatic carbocycles. The summed E-state index contributed by atoms with van der Waals surface area (Å²) >= 11 is 0. The van der Waals surface area contributed by atoms with Gasteiger partial charge in [0.1, 0.15) is 0 Å². The van der Waals surface area contributed by atoms with E-state index in [2.05, 4.69) is 5.32 Å². The van der Waals surface area contributed by atoms with Crippen molar-refractivity contribution in [3.63, 3.8) is 0 Å². The maximum Gasteiger partial charge on any atom is 0.0161 e. The van der Waals surface area contributed by atoms with Gasteiger partial charge in [-0.2, -0.15) is 0 Å². The first-order chi connectivity index (χ1) is 2.91. The van der Waals surface area contributed by atoms with Gasteiger partial charge in [-0.25, -0.2) is 5.32 Å². The first kappa shape index (κ1) is 5.96. The third-order valence-electron chi connectivity index (χ3n) is 0.535. The van der Waals surface area contributed by atoms with E-state index >= 15 is 0 Å². The SMILES string of the molecule is C[CH]C[N]CC. The second-order valence-electron chi connectivity index (χ2n) is 1.13. The van der Waals surface area contributed by atoms with Crippen molar-refractivity contribution >= 4 is 0 Å². The molecule has 0 rings (SSSR count). The summed E-state index contributed by atoms with van der Waals surface area (Å²) in [5, 5.41) is 4.03. The zero-order valence-corrected chi connectivity index (χ0v) is 4.44. The quantitative estimate of drug-likeness (QED) is 0.451. The lowest BCUT2D eigenvalue weighted by atomic mass is 10.5. The molecule has 0 unspecified atom stereocenters. The van der Waals surface area contributed by atoms with Crippen LogP contribution in [-0.4, -0.2) is 13.1 Å². The minimum atomic E-state index is 0.913. The van der Waals surface area contributed by atoms with Crippen molar-refractivity contribution in [3.05, 3.63) is 6.42 Å². The van der Waals surface area contributed by atoms with E-state index in [-0.39, 0.29) is 0 Å². The Morgan fingerprint density at radius 2 is 2.33 bits per heavy atom. The summed E-state index contributed by atoms with van der Waals surface area (Å²) < 4.78 is 0. The average Bonchev–Trinajstić information content (AvgIpc) is 1.61. The Balaban J connectivity index is 2.34. The molecule has 0 bridgehead atoms. The van der Waals surface area contributed by atoms with Gasteiger partial charge in [-0.15, -0.1) is 0 Å². The molecule has 0 saturated carbocycles. The summed E-state index contributed by atoms with van der Waals surface area (Å²) in [7, 11) is 0. The molecule has 0 saturated heterocycles. The summed E-state index contributed by atoms with van der Waals surface area (Å²) in [4.78, 5) is 0. The topological polar surface area (TPSA) is 14.1 Å². The van der Waals surface area contributed by atoms with E-state index in [0.717, 1.165) is 13.1 Å². The van der Waals surface area contributed by atoms with Gasteiger partial charge in [0.25, 0.3) is 0 Å². The zero-order chi connectivity index (χ0) is 4.83. The van der Waals surface area contributed by atoms with Crippen molar-refractivity contribution in [3.8, 4) is 0 Å². The molecule has 36 valence electrons. The van der Waals surface area contributed by atoms with Gasteiger partial charge in [0.05, 0.1) is 0 Å². The average molecular weight is 85.1 g/mol. The van der Waals surface area contributed by atoms with Crippen molar-refractivity contribution < 1.29 is 0 Å². The third-order valence-corrected chi connectivity index (χ3v) is 0.535. The van der Waals surface area contributed by atoms with Crippen LogP contribution in [-0.2, 0) is 0 Å². The number of hydrogen-bond donors (Lipinski definition) is 0. The lowest BCUT2D eigenvalue weighted by molar-refractivity contribution is 0.756. The van der Waals surface area contributed by atoms with Crippen molar-refractivity contribution in [1.82, 2.24) is 5.32 Å². The van der Waals surface area contributed by atoms with Crippen LogP contribution < -0.4 is 5.32 Å². The Morgan fingerprint density at radius 3 is 2.50 bits per heavy atom. The molecule has 0 aromatic carbocycles. The molecule has 0 fully saturated rings. The standard InChI is InChI=1S/C5H11N/c1-3-5-6-4-2/h3H,4-5H2,1-2H3. The number of rotatable bonds is 3. The molecule has 0 spiro atoms. The smallest absolute Gasteiger partial charge is 0.0161 e. The maximum absolute atomic E-state index is 4.03. The van der Waals surface area contributed by atoms with Gasteiger partial charge in [-0.1, -0.05) is 13.8 Å². The minimum Gasteiger partial charge on any atom is -0.242 e. The van der Waals surface area contributed by atoms with Crippen molar-refractivity contribution in [2.75, 3.05) is 13.1 Å². The molecule has 1 nitrogen and oxygen atoms in total. The lowest BCUT2D eigenvalue weighted by Crippen LogP contribution is -2.03. The normalized spacial score (nSPS) is 9.00. The fourth-order valence-electron chi connectivity index (χ4n) is 0.258.